The van der Waals surface area contributed by atoms with Crippen LogP contribution in [0, 0.1) is 6.92 Å². The van der Waals surface area contributed by atoms with E-state index < -0.39 is 5.97 Å². The first-order valence-corrected chi connectivity index (χ1v) is 11.4. The van der Waals surface area contributed by atoms with Crippen LogP contribution in [-0.2, 0) is 20.9 Å². The highest BCUT2D eigenvalue weighted by Crippen LogP contribution is 2.29. The van der Waals surface area contributed by atoms with Gasteiger partial charge in [-0.25, -0.2) is 4.79 Å². The highest BCUT2D eigenvalue weighted by molar-refractivity contribution is 5.90. The maximum absolute atomic E-state index is 12.6. The van der Waals surface area contributed by atoms with Crippen LogP contribution in [0.25, 0.3) is 11.5 Å². The number of rotatable bonds is 9. The molecule has 0 atom stereocenters. The number of carbonyl (C=O) groups is 2. The third-order valence-electron chi connectivity index (χ3n) is 5.29. The molecule has 1 saturated heterocycles. The van der Waals surface area contributed by atoms with Crippen LogP contribution < -0.4 is 9.47 Å². The highest BCUT2D eigenvalue weighted by atomic mass is 16.5. The predicted molar refractivity (Wildman–Crippen MR) is 124 cm³/mol. The number of hydrogen-bond donors (Lipinski definition) is 0. The Morgan fingerprint density at radius 1 is 1.03 bits per heavy atom. The maximum Gasteiger partial charge on any atom is 0.338 e. The first-order valence-electron chi connectivity index (χ1n) is 11.4. The van der Waals surface area contributed by atoms with Crippen LogP contribution >= 0.6 is 0 Å². The van der Waals surface area contributed by atoms with Gasteiger partial charge in [-0.05, 0) is 44.2 Å². The number of benzene rings is 2. The Balaban J connectivity index is 1.35. The summed E-state index contributed by atoms with van der Waals surface area (Å²) in [5.41, 5.74) is 2.17. The SMILES string of the molecule is CCOc1cc(C(=O)OCc2noc(-c3ccc(C)cc3)n2)ccc1OCC(=O)N1CCOCC1. The molecule has 0 N–H and O–H groups in total. The molecular formula is C25H27N3O7. The monoisotopic (exact) mass is 481 g/mol. The average molecular weight is 482 g/mol. The first-order chi connectivity index (χ1) is 17.0. The summed E-state index contributed by atoms with van der Waals surface area (Å²) in [5.74, 6) is 0.597. The van der Waals surface area contributed by atoms with E-state index in [9.17, 15) is 9.59 Å². The summed E-state index contributed by atoms with van der Waals surface area (Å²) in [7, 11) is 0. The summed E-state index contributed by atoms with van der Waals surface area (Å²) in [6.07, 6.45) is 0. The van der Waals surface area contributed by atoms with E-state index in [2.05, 4.69) is 10.1 Å². The Labute approximate surface area is 202 Å². The van der Waals surface area contributed by atoms with Crippen LogP contribution in [0.15, 0.2) is 47.0 Å². The van der Waals surface area contributed by atoms with Crippen molar-refractivity contribution in [2.75, 3.05) is 39.5 Å². The van der Waals surface area contributed by atoms with E-state index in [0.717, 1.165) is 11.1 Å². The number of aryl methyl sites for hydroxylation is 1. The average Bonchev–Trinajstić information content (AvgIpc) is 3.36. The number of aromatic nitrogens is 2. The second-order valence-electron chi connectivity index (χ2n) is 7.83. The summed E-state index contributed by atoms with van der Waals surface area (Å²) in [6, 6.07) is 12.3. The number of carbonyl (C=O) groups excluding carboxylic acids is 2. The zero-order valence-electron chi connectivity index (χ0n) is 19.7. The molecule has 3 aromatic rings. The van der Waals surface area contributed by atoms with Crippen molar-refractivity contribution in [3.05, 3.63) is 59.4 Å². The van der Waals surface area contributed by atoms with Gasteiger partial charge in [-0.1, -0.05) is 22.9 Å². The molecule has 0 spiro atoms. The van der Waals surface area contributed by atoms with E-state index in [4.69, 9.17) is 23.5 Å². The highest BCUT2D eigenvalue weighted by Gasteiger charge is 2.19. The van der Waals surface area contributed by atoms with Gasteiger partial charge < -0.3 is 28.4 Å². The van der Waals surface area contributed by atoms with Gasteiger partial charge in [0.25, 0.3) is 11.8 Å². The first kappa shape index (κ1) is 24.2. The van der Waals surface area contributed by atoms with Crippen molar-refractivity contribution < 1.29 is 33.1 Å². The Bertz CT molecular complexity index is 1150. The van der Waals surface area contributed by atoms with Gasteiger partial charge in [0.2, 0.25) is 5.82 Å². The molecule has 4 rings (SSSR count). The predicted octanol–water partition coefficient (Wildman–Crippen LogP) is 3.04. The molecule has 1 aliphatic rings. The van der Waals surface area contributed by atoms with Gasteiger partial charge in [-0.2, -0.15) is 4.98 Å². The molecule has 1 aliphatic heterocycles. The molecular weight excluding hydrogens is 454 g/mol. The van der Waals surface area contributed by atoms with Crippen LogP contribution in [0.5, 0.6) is 11.5 Å². The minimum absolute atomic E-state index is 0.134. The topological polar surface area (TPSA) is 113 Å². The standard InChI is InChI=1S/C25H27N3O7/c1-3-32-21-14-19(8-9-20(21)33-16-23(29)28-10-12-31-13-11-28)25(30)34-15-22-26-24(35-27-22)18-6-4-17(2)5-7-18/h4-9,14H,3,10-13,15-16H2,1-2H3. The number of morpholine rings is 1. The lowest BCUT2D eigenvalue weighted by molar-refractivity contribution is -0.137. The largest absolute Gasteiger partial charge is 0.490 e. The number of esters is 1. The van der Waals surface area contributed by atoms with Gasteiger partial charge in [0.05, 0.1) is 25.4 Å². The number of hydrogen-bond acceptors (Lipinski definition) is 9. The fraction of sp³-hybridized carbons (Fsp3) is 0.360. The van der Waals surface area contributed by atoms with Gasteiger partial charge in [0, 0.05) is 18.7 Å². The van der Waals surface area contributed by atoms with Crippen LogP contribution in [0.3, 0.4) is 0 Å². The molecule has 1 fully saturated rings. The zero-order chi connectivity index (χ0) is 24.6. The molecule has 0 saturated carbocycles. The third kappa shape index (κ3) is 6.36. The Morgan fingerprint density at radius 2 is 1.80 bits per heavy atom. The minimum Gasteiger partial charge on any atom is -0.490 e. The van der Waals surface area contributed by atoms with Gasteiger partial charge in [-0.3, -0.25) is 4.79 Å². The second-order valence-corrected chi connectivity index (χ2v) is 7.83. The molecule has 10 heteroatoms. The molecule has 35 heavy (non-hydrogen) atoms. The van der Waals surface area contributed by atoms with Gasteiger partial charge >= 0.3 is 5.97 Å². The third-order valence-corrected chi connectivity index (χ3v) is 5.29. The van der Waals surface area contributed by atoms with E-state index >= 15 is 0 Å². The molecule has 0 unspecified atom stereocenters. The molecule has 2 aromatic carbocycles. The van der Waals surface area contributed by atoms with Gasteiger partial charge in [0.15, 0.2) is 24.7 Å². The van der Waals surface area contributed by atoms with Gasteiger partial charge in [-0.15, -0.1) is 0 Å². The van der Waals surface area contributed by atoms with Crippen molar-refractivity contribution in [1.29, 1.82) is 0 Å². The normalized spacial score (nSPS) is 13.4. The maximum atomic E-state index is 12.6. The number of ether oxygens (including phenoxy) is 4. The second kappa shape index (κ2) is 11.5. The molecule has 0 bridgehead atoms. The fourth-order valence-electron chi connectivity index (χ4n) is 3.41. The van der Waals surface area contributed by atoms with Crippen LogP contribution in [0.1, 0.15) is 28.7 Å². The summed E-state index contributed by atoms with van der Waals surface area (Å²) in [6.45, 7) is 6.00. The lowest BCUT2D eigenvalue weighted by atomic mass is 10.1. The Morgan fingerprint density at radius 3 is 2.54 bits per heavy atom. The summed E-state index contributed by atoms with van der Waals surface area (Å²) < 4.78 is 27.2. The fourth-order valence-corrected chi connectivity index (χ4v) is 3.41. The Kier molecular flexibility index (Phi) is 7.94. The van der Waals surface area contributed by atoms with Crippen molar-refractivity contribution in [2.45, 2.75) is 20.5 Å². The van der Waals surface area contributed by atoms with Crippen LogP contribution in [0.4, 0.5) is 0 Å². The van der Waals surface area contributed by atoms with Crippen LogP contribution in [-0.4, -0.2) is 66.4 Å². The summed E-state index contributed by atoms with van der Waals surface area (Å²) in [4.78, 5) is 30.9. The van der Waals surface area contributed by atoms with E-state index in [1.807, 2.05) is 38.1 Å². The molecule has 1 amide bonds. The van der Waals surface area contributed by atoms with Crippen molar-refractivity contribution in [2.24, 2.45) is 0 Å². The Hall–Kier alpha value is -3.92. The lowest BCUT2D eigenvalue weighted by Crippen LogP contribution is -2.43. The number of amides is 1. The molecule has 2 heterocycles. The van der Waals surface area contributed by atoms with Crippen LogP contribution in [0.2, 0.25) is 0 Å². The molecule has 10 nitrogen and oxygen atoms in total. The number of nitrogens with zero attached hydrogens (tertiary/aromatic N) is 3. The smallest absolute Gasteiger partial charge is 0.338 e. The van der Waals surface area contributed by atoms with E-state index in [0.29, 0.717) is 50.3 Å². The van der Waals surface area contributed by atoms with E-state index in [1.54, 1.807) is 17.0 Å². The molecule has 0 radical (unpaired) electrons. The molecule has 1 aromatic heterocycles. The molecule has 0 aliphatic carbocycles. The summed E-state index contributed by atoms with van der Waals surface area (Å²) >= 11 is 0. The van der Waals surface area contributed by atoms with Crippen molar-refractivity contribution in [3.8, 4) is 23.0 Å². The van der Waals surface area contributed by atoms with E-state index in [-0.39, 0.29) is 30.5 Å². The minimum atomic E-state index is -0.580. The quantitative estimate of drug-likeness (QED) is 0.426. The molecule has 184 valence electrons. The van der Waals surface area contributed by atoms with E-state index in [1.165, 1.54) is 6.07 Å². The zero-order valence-corrected chi connectivity index (χ0v) is 19.7. The van der Waals surface area contributed by atoms with Crippen molar-refractivity contribution >= 4 is 11.9 Å². The van der Waals surface area contributed by atoms with Crippen molar-refractivity contribution in [1.82, 2.24) is 15.0 Å². The van der Waals surface area contributed by atoms with Gasteiger partial charge in [0.1, 0.15) is 0 Å². The summed E-state index contributed by atoms with van der Waals surface area (Å²) in [5, 5.41) is 3.87. The van der Waals surface area contributed by atoms with Crippen molar-refractivity contribution in [3.63, 3.8) is 0 Å². The lowest BCUT2D eigenvalue weighted by Gasteiger charge is -2.26.